The highest BCUT2D eigenvalue weighted by atomic mass is 127. The van der Waals surface area contributed by atoms with E-state index in [0.717, 1.165) is 44.4 Å². The third-order valence-electron chi connectivity index (χ3n) is 3.06. The van der Waals surface area contributed by atoms with Crippen molar-refractivity contribution in [1.29, 1.82) is 0 Å². The van der Waals surface area contributed by atoms with E-state index in [1.165, 1.54) is 0 Å². The zero-order valence-electron chi connectivity index (χ0n) is 11.6. The number of guanidine groups is 1. The lowest BCUT2D eigenvalue weighted by Gasteiger charge is -2.32. The molecular formula is C11H25IN4O2S. The maximum Gasteiger partial charge on any atom is 0.210 e. The van der Waals surface area contributed by atoms with Gasteiger partial charge in [-0.25, -0.2) is 13.6 Å². The van der Waals surface area contributed by atoms with E-state index in [9.17, 15) is 8.42 Å². The fourth-order valence-electron chi connectivity index (χ4n) is 1.92. The van der Waals surface area contributed by atoms with Crippen molar-refractivity contribution >= 4 is 40.0 Å². The first kappa shape index (κ1) is 18.9. The van der Waals surface area contributed by atoms with Gasteiger partial charge in [0.1, 0.15) is 0 Å². The molecule has 1 aliphatic heterocycles. The molecule has 0 aromatic heterocycles. The van der Waals surface area contributed by atoms with Gasteiger partial charge in [-0.15, -0.1) is 24.0 Å². The van der Waals surface area contributed by atoms with Crippen LogP contribution in [0.15, 0.2) is 4.99 Å². The second-order valence-corrected chi connectivity index (χ2v) is 6.51. The molecule has 0 amide bonds. The quantitative estimate of drug-likeness (QED) is 0.408. The first-order valence-electron chi connectivity index (χ1n) is 6.46. The molecule has 0 unspecified atom stereocenters. The Balaban J connectivity index is 0.00000324. The second-order valence-electron chi connectivity index (χ2n) is 4.77. The lowest BCUT2D eigenvalue weighted by molar-refractivity contribution is 0.273. The minimum absolute atomic E-state index is 0. The summed E-state index contributed by atoms with van der Waals surface area (Å²) in [5.41, 5.74) is 0. The van der Waals surface area contributed by atoms with E-state index >= 15 is 0 Å². The number of piperidine rings is 1. The van der Waals surface area contributed by atoms with Crippen molar-refractivity contribution in [1.82, 2.24) is 10.2 Å². The van der Waals surface area contributed by atoms with Crippen LogP contribution in [-0.4, -0.2) is 51.2 Å². The van der Waals surface area contributed by atoms with Gasteiger partial charge >= 0.3 is 0 Å². The van der Waals surface area contributed by atoms with Gasteiger partial charge in [0.25, 0.3) is 0 Å². The Bertz CT molecular complexity index is 378. The molecule has 19 heavy (non-hydrogen) atoms. The number of nitrogens with one attached hydrogen (secondary N) is 1. The number of aliphatic imine (C=N–C) groups is 1. The Morgan fingerprint density at radius 1 is 1.42 bits per heavy atom. The highest BCUT2D eigenvalue weighted by Crippen LogP contribution is 2.15. The number of sulfonamides is 1. The molecule has 3 N–H and O–H groups in total. The normalized spacial score (nSPS) is 18.1. The lowest BCUT2D eigenvalue weighted by atomic mass is 10.00. The summed E-state index contributed by atoms with van der Waals surface area (Å²) in [6, 6.07) is 0. The molecule has 0 aromatic rings. The maximum absolute atomic E-state index is 10.9. The van der Waals surface area contributed by atoms with Crippen LogP contribution in [0, 0.1) is 5.92 Å². The second kappa shape index (κ2) is 8.96. The van der Waals surface area contributed by atoms with Crippen LogP contribution in [0.3, 0.4) is 0 Å². The Morgan fingerprint density at radius 2 is 2.00 bits per heavy atom. The molecule has 1 saturated heterocycles. The number of primary sulfonamides is 1. The summed E-state index contributed by atoms with van der Waals surface area (Å²) in [5, 5.41) is 8.15. The average molecular weight is 404 g/mol. The number of nitrogens with two attached hydrogens (primary N) is 1. The number of likely N-dealkylation sites (tertiary alicyclic amines) is 1. The summed E-state index contributed by atoms with van der Waals surface area (Å²) in [4.78, 5) is 6.51. The zero-order valence-corrected chi connectivity index (χ0v) is 14.8. The van der Waals surface area contributed by atoms with Crippen molar-refractivity contribution in [3.8, 4) is 0 Å². The molecule has 114 valence electrons. The predicted molar refractivity (Wildman–Crippen MR) is 89.3 cm³/mol. The van der Waals surface area contributed by atoms with E-state index in [2.05, 4.69) is 22.1 Å². The number of nitrogens with zero attached hydrogens (tertiary/aromatic N) is 2. The van der Waals surface area contributed by atoms with Gasteiger partial charge in [-0.3, -0.25) is 4.99 Å². The Kier molecular flexibility index (Phi) is 8.92. The number of hydrogen-bond acceptors (Lipinski definition) is 3. The van der Waals surface area contributed by atoms with Gasteiger partial charge in [0, 0.05) is 19.6 Å². The van der Waals surface area contributed by atoms with Crippen molar-refractivity contribution in [3.05, 3.63) is 0 Å². The summed E-state index contributed by atoms with van der Waals surface area (Å²) >= 11 is 0. The molecule has 8 heteroatoms. The maximum atomic E-state index is 10.9. The monoisotopic (exact) mass is 404 g/mol. The third-order valence-corrected chi connectivity index (χ3v) is 3.81. The standard InChI is InChI=1S/C11H24N4O2S.HI/c1-3-13-11(14-6-9-18(12,16)17)15-7-4-10(2)5-8-15;/h10H,3-9H2,1-2H3,(H,13,14)(H2,12,16,17);1H. The van der Waals surface area contributed by atoms with Gasteiger partial charge in [-0.05, 0) is 25.7 Å². The SMILES string of the molecule is CCNC(=NCCS(N)(=O)=O)N1CCC(C)CC1.I. The van der Waals surface area contributed by atoms with Crippen LogP contribution in [0.1, 0.15) is 26.7 Å². The predicted octanol–water partition coefficient (Wildman–Crippen LogP) is 0.590. The molecule has 1 heterocycles. The van der Waals surface area contributed by atoms with Crippen molar-refractivity contribution in [2.45, 2.75) is 26.7 Å². The fourth-order valence-corrected chi connectivity index (χ4v) is 2.27. The Morgan fingerprint density at radius 3 is 2.47 bits per heavy atom. The van der Waals surface area contributed by atoms with Crippen LogP contribution in [0.4, 0.5) is 0 Å². The van der Waals surface area contributed by atoms with Crippen molar-refractivity contribution in [3.63, 3.8) is 0 Å². The van der Waals surface area contributed by atoms with Gasteiger partial charge in [-0.1, -0.05) is 6.92 Å². The van der Waals surface area contributed by atoms with E-state index in [0.29, 0.717) is 0 Å². The highest BCUT2D eigenvalue weighted by Gasteiger charge is 2.18. The topological polar surface area (TPSA) is 87.8 Å². The van der Waals surface area contributed by atoms with Gasteiger partial charge < -0.3 is 10.2 Å². The van der Waals surface area contributed by atoms with Gasteiger partial charge in [0.05, 0.1) is 12.3 Å². The summed E-state index contributed by atoms with van der Waals surface area (Å²) in [6.45, 7) is 7.20. The average Bonchev–Trinajstić information content (AvgIpc) is 2.27. The van der Waals surface area contributed by atoms with Crippen LogP contribution in [0.25, 0.3) is 0 Å². The lowest BCUT2D eigenvalue weighted by Crippen LogP contribution is -2.45. The molecule has 0 saturated carbocycles. The summed E-state index contributed by atoms with van der Waals surface area (Å²) < 4.78 is 21.7. The number of rotatable bonds is 4. The summed E-state index contributed by atoms with van der Waals surface area (Å²) in [5.74, 6) is 1.45. The van der Waals surface area contributed by atoms with E-state index in [1.54, 1.807) is 0 Å². The molecule has 0 radical (unpaired) electrons. The van der Waals surface area contributed by atoms with Crippen LogP contribution in [0.5, 0.6) is 0 Å². The molecule has 1 rings (SSSR count). The number of halogens is 1. The molecule has 0 spiro atoms. The van der Waals surface area contributed by atoms with Crippen LogP contribution in [-0.2, 0) is 10.0 Å². The summed E-state index contributed by atoms with van der Waals surface area (Å²) in [7, 11) is -3.43. The Hall–Kier alpha value is -0.0900. The molecule has 6 nitrogen and oxygen atoms in total. The van der Waals surface area contributed by atoms with Gasteiger partial charge in [0.15, 0.2) is 5.96 Å². The minimum atomic E-state index is -3.43. The van der Waals surface area contributed by atoms with E-state index in [4.69, 9.17) is 5.14 Å². The number of hydrogen-bond donors (Lipinski definition) is 2. The molecule has 1 aliphatic rings. The highest BCUT2D eigenvalue weighted by molar-refractivity contribution is 14.0. The van der Waals surface area contributed by atoms with Gasteiger partial charge in [-0.2, -0.15) is 0 Å². The minimum Gasteiger partial charge on any atom is -0.357 e. The largest absolute Gasteiger partial charge is 0.357 e. The van der Waals surface area contributed by atoms with Crippen LogP contribution in [0.2, 0.25) is 0 Å². The Labute approximate surface area is 133 Å². The van der Waals surface area contributed by atoms with Crippen LogP contribution < -0.4 is 10.5 Å². The van der Waals surface area contributed by atoms with Crippen LogP contribution >= 0.6 is 24.0 Å². The summed E-state index contributed by atoms with van der Waals surface area (Å²) in [6.07, 6.45) is 2.30. The first-order chi connectivity index (χ1) is 8.42. The van der Waals surface area contributed by atoms with E-state index in [-0.39, 0.29) is 36.3 Å². The molecular weight excluding hydrogens is 379 g/mol. The van der Waals surface area contributed by atoms with Crippen molar-refractivity contribution < 1.29 is 8.42 Å². The van der Waals surface area contributed by atoms with Gasteiger partial charge in [0.2, 0.25) is 10.0 Å². The van der Waals surface area contributed by atoms with Crippen molar-refractivity contribution in [2.75, 3.05) is 31.9 Å². The van der Waals surface area contributed by atoms with E-state index < -0.39 is 10.0 Å². The molecule has 1 fully saturated rings. The first-order valence-corrected chi connectivity index (χ1v) is 8.17. The van der Waals surface area contributed by atoms with Crippen molar-refractivity contribution in [2.24, 2.45) is 16.0 Å². The molecule has 0 aromatic carbocycles. The fraction of sp³-hybridized carbons (Fsp3) is 0.909. The third kappa shape index (κ3) is 7.93. The molecule has 0 atom stereocenters. The van der Waals surface area contributed by atoms with E-state index in [1.807, 2.05) is 6.92 Å². The molecule has 0 bridgehead atoms. The molecule has 0 aliphatic carbocycles. The zero-order chi connectivity index (χ0) is 13.6. The smallest absolute Gasteiger partial charge is 0.210 e.